The minimum atomic E-state index is -0.546. The van der Waals surface area contributed by atoms with Gasteiger partial charge in [0, 0.05) is 30.1 Å². The van der Waals surface area contributed by atoms with Gasteiger partial charge in [-0.3, -0.25) is 4.79 Å². The molecule has 0 radical (unpaired) electrons. The summed E-state index contributed by atoms with van der Waals surface area (Å²) in [4.78, 5) is 14.4. The van der Waals surface area contributed by atoms with Gasteiger partial charge in [0.2, 0.25) is 5.91 Å². The van der Waals surface area contributed by atoms with Gasteiger partial charge in [0.15, 0.2) is 0 Å². The van der Waals surface area contributed by atoms with Gasteiger partial charge in [0.25, 0.3) is 0 Å². The predicted octanol–water partition coefficient (Wildman–Crippen LogP) is 1.32. The van der Waals surface area contributed by atoms with E-state index in [9.17, 15) is 9.90 Å². The highest BCUT2D eigenvalue weighted by Crippen LogP contribution is 2.30. The molecule has 20 heavy (non-hydrogen) atoms. The molecular formula is C15H19ClN2O2. The van der Waals surface area contributed by atoms with Gasteiger partial charge >= 0.3 is 0 Å². The number of aliphatic hydroxyl groups is 1. The van der Waals surface area contributed by atoms with E-state index in [-0.39, 0.29) is 17.9 Å². The first-order valence-electron chi connectivity index (χ1n) is 7.05. The normalized spacial score (nSPS) is 29.4. The Hall–Kier alpha value is -1.10. The molecule has 5 heteroatoms. The number of rotatable bonds is 1. The quantitative estimate of drug-likeness (QED) is 0.821. The third-order valence-corrected chi connectivity index (χ3v) is 4.80. The maximum absolute atomic E-state index is 12.5. The zero-order chi connectivity index (χ0) is 14.3. The molecule has 2 aliphatic rings. The predicted molar refractivity (Wildman–Crippen MR) is 77.3 cm³/mol. The summed E-state index contributed by atoms with van der Waals surface area (Å²) in [7, 11) is 0. The fourth-order valence-electron chi connectivity index (χ4n) is 3.26. The molecule has 3 atom stereocenters. The standard InChI is InChI=1S/C15H19ClN2O2/c16-12-3-1-2-9-8-18(5-4-11(9)12)15(20)10-6-13(17)14(19)7-10/h1-3,10,13-14,19H,4-8,17H2/t10-,13-,14-/m0/s1. The van der Waals surface area contributed by atoms with Crippen LogP contribution in [0.25, 0.3) is 0 Å². The SMILES string of the molecule is N[C@H]1C[C@H](C(=O)N2CCc3c(Cl)cccc3C2)C[C@@H]1O. The number of hydrogen-bond donors (Lipinski definition) is 2. The van der Waals surface area contributed by atoms with Crippen LogP contribution in [0, 0.1) is 5.92 Å². The lowest BCUT2D eigenvalue weighted by Gasteiger charge is -2.31. The first-order valence-corrected chi connectivity index (χ1v) is 7.42. The second-order valence-corrected chi connectivity index (χ2v) is 6.19. The van der Waals surface area contributed by atoms with E-state index in [0.717, 1.165) is 22.6 Å². The largest absolute Gasteiger partial charge is 0.391 e. The monoisotopic (exact) mass is 294 g/mol. The maximum atomic E-state index is 12.5. The zero-order valence-electron chi connectivity index (χ0n) is 11.3. The molecular weight excluding hydrogens is 276 g/mol. The van der Waals surface area contributed by atoms with Gasteiger partial charge in [-0.2, -0.15) is 0 Å². The number of halogens is 1. The van der Waals surface area contributed by atoms with Gasteiger partial charge in [-0.1, -0.05) is 23.7 Å². The molecule has 3 N–H and O–H groups in total. The lowest BCUT2D eigenvalue weighted by atomic mass is 9.97. The number of aliphatic hydroxyl groups excluding tert-OH is 1. The van der Waals surface area contributed by atoms with E-state index in [2.05, 4.69) is 0 Å². The molecule has 1 amide bonds. The number of benzene rings is 1. The summed E-state index contributed by atoms with van der Waals surface area (Å²) in [6, 6.07) is 5.57. The first-order chi connectivity index (χ1) is 9.56. The van der Waals surface area contributed by atoms with Crippen molar-refractivity contribution in [3.05, 3.63) is 34.3 Å². The first kappa shape index (κ1) is 13.9. The van der Waals surface area contributed by atoms with Crippen LogP contribution in [-0.4, -0.2) is 34.6 Å². The van der Waals surface area contributed by atoms with E-state index in [1.54, 1.807) is 0 Å². The summed E-state index contributed by atoms with van der Waals surface area (Å²) in [6.07, 6.45) is 1.32. The highest BCUT2D eigenvalue weighted by Gasteiger charge is 2.37. The van der Waals surface area contributed by atoms with Crippen molar-refractivity contribution in [2.75, 3.05) is 6.54 Å². The van der Waals surface area contributed by atoms with Crippen molar-refractivity contribution >= 4 is 17.5 Å². The van der Waals surface area contributed by atoms with E-state index in [0.29, 0.717) is 25.9 Å². The zero-order valence-corrected chi connectivity index (χ0v) is 12.0. The molecule has 1 saturated carbocycles. The van der Waals surface area contributed by atoms with E-state index in [4.69, 9.17) is 17.3 Å². The second-order valence-electron chi connectivity index (χ2n) is 5.79. The number of nitrogens with two attached hydrogens (primary N) is 1. The van der Waals surface area contributed by atoms with Gasteiger partial charge in [-0.05, 0) is 36.5 Å². The summed E-state index contributed by atoms with van der Waals surface area (Å²) in [5.41, 5.74) is 8.07. The van der Waals surface area contributed by atoms with Crippen LogP contribution in [0.3, 0.4) is 0 Å². The molecule has 0 saturated heterocycles. The van der Waals surface area contributed by atoms with Gasteiger partial charge in [-0.15, -0.1) is 0 Å². The van der Waals surface area contributed by atoms with E-state index in [1.807, 2.05) is 23.1 Å². The number of hydrogen-bond acceptors (Lipinski definition) is 3. The fraction of sp³-hybridized carbons (Fsp3) is 0.533. The molecule has 1 aliphatic carbocycles. The molecule has 1 aliphatic heterocycles. The molecule has 108 valence electrons. The van der Waals surface area contributed by atoms with Crippen molar-refractivity contribution in [3.8, 4) is 0 Å². The minimum Gasteiger partial charge on any atom is -0.391 e. The Labute approximate surface area is 123 Å². The highest BCUT2D eigenvalue weighted by atomic mass is 35.5. The van der Waals surface area contributed by atoms with Crippen LogP contribution in [0.5, 0.6) is 0 Å². The molecule has 1 aromatic carbocycles. The Bertz CT molecular complexity index is 525. The molecule has 0 spiro atoms. The van der Waals surface area contributed by atoms with Crippen molar-refractivity contribution in [2.24, 2.45) is 11.7 Å². The lowest BCUT2D eigenvalue weighted by Crippen LogP contribution is -2.39. The van der Waals surface area contributed by atoms with E-state index < -0.39 is 6.10 Å². The Balaban J connectivity index is 1.73. The average molecular weight is 295 g/mol. The van der Waals surface area contributed by atoms with Crippen LogP contribution >= 0.6 is 11.6 Å². The van der Waals surface area contributed by atoms with Crippen LogP contribution in [0.1, 0.15) is 24.0 Å². The number of carbonyl (C=O) groups is 1. The van der Waals surface area contributed by atoms with Crippen molar-refractivity contribution in [3.63, 3.8) is 0 Å². The Kier molecular flexibility index (Phi) is 3.71. The smallest absolute Gasteiger partial charge is 0.226 e. The van der Waals surface area contributed by atoms with Crippen molar-refractivity contribution in [1.82, 2.24) is 4.90 Å². The van der Waals surface area contributed by atoms with Crippen molar-refractivity contribution in [1.29, 1.82) is 0 Å². The van der Waals surface area contributed by atoms with Crippen LogP contribution in [0.15, 0.2) is 18.2 Å². The van der Waals surface area contributed by atoms with Gasteiger partial charge < -0.3 is 15.7 Å². The van der Waals surface area contributed by atoms with Crippen LogP contribution in [-0.2, 0) is 17.8 Å². The highest BCUT2D eigenvalue weighted by molar-refractivity contribution is 6.31. The van der Waals surface area contributed by atoms with Crippen LogP contribution in [0.2, 0.25) is 5.02 Å². The van der Waals surface area contributed by atoms with Crippen LogP contribution in [0.4, 0.5) is 0 Å². The number of carbonyl (C=O) groups excluding carboxylic acids is 1. The topological polar surface area (TPSA) is 66.6 Å². The molecule has 0 bridgehead atoms. The average Bonchev–Trinajstić information content (AvgIpc) is 2.78. The maximum Gasteiger partial charge on any atom is 0.226 e. The van der Waals surface area contributed by atoms with Gasteiger partial charge in [-0.25, -0.2) is 0 Å². The second kappa shape index (κ2) is 5.35. The molecule has 4 nitrogen and oxygen atoms in total. The molecule has 0 unspecified atom stereocenters. The summed E-state index contributed by atoms with van der Waals surface area (Å²) in [5.74, 6) is -0.0247. The number of amides is 1. The number of nitrogens with zero attached hydrogens (tertiary/aromatic N) is 1. The molecule has 1 heterocycles. The van der Waals surface area contributed by atoms with E-state index >= 15 is 0 Å². The van der Waals surface area contributed by atoms with Crippen LogP contribution < -0.4 is 5.73 Å². The van der Waals surface area contributed by atoms with Gasteiger partial charge in [0.05, 0.1) is 6.10 Å². The number of fused-ring (bicyclic) bond motifs is 1. The van der Waals surface area contributed by atoms with Crippen molar-refractivity contribution < 1.29 is 9.90 Å². The lowest BCUT2D eigenvalue weighted by molar-refractivity contribution is -0.136. The summed E-state index contributed by atoms with van der Waals surface area (Å²) < 4.78 is 0. The summed E-state index contributed by atoms with van der Waals surface area (Å²) >= 11 is 6.18. The molecule has 0 aromatic heterocycles. The summed E-state index contributed by atoms with van der Waals surface area (Å²) in [5, 5.41) is 10.5. The van der Waals surface area contributed by atoms with Crippen molar-refractivity contribution in [2.45, 2.75) is 38.0 Å². The Morgan fingerprint density at radius 2 is 2.20 bits per heavy atom. The Morgan fingerprint density at radius 1 is 1.40 bits per heavy atom. The van der Waals surface area contributed by atoms with E-state index in [1.165, 1.54) is 0 Å². The summed E-state index contributed by atoms with van der Waals surface area (Å²) in [6.45, 7) is 1.30. The Morgan fingerprint density at radius 3 is 2.90 bits per heavy atom. The molecule has 3 rings (SSSR count). The third kappa shape index (κ3) is 2.43. The fourth-order valence-corrected chi connectivity index (χ4v) is 3.55. The third-order valence-electron chi connectivity index (χ3n) is 4.45. The molecule has 1 fully saturated rings. The molecule has 1 aromatic rings. The minimum absolute atomic E-state index is 0.114. The van der Waals surface area contributed by atoms with Gasteiger partial charge in [0.1, 0.15) is 0 Å².